The number of amides is 2. The molecule has 2 fully saturated rings. The number of piperazine rings is 1. The second-order valence-electron chi connectivity index (χ2n) is 8.62. The Morgan fingerprint density at radius 2 is 1.66 bits per heavy atom. The van der Waals surface area contributed by atoms with Gasteiger partial charge in [-0.2, -0.15) is 0 Å². The van der Waals surface area contributed by atoms with Crippen molar-refractivity contribution in [2.75, 3.05) is 50.7 Å². The fraction of sp³-hybridized carbons (Fsp3) is 0.440. The van der Waals surface area contributed by atoms with Crippen LogP contribution in [0.3, 0.4) is 0 Å². The molecular formula is C25H31FN4O2. The van der Waals surface area contributed by atoms with Crippen LogP contribution in [0.15, 0.2) is 48.5 Å². The van der Waals surface area contributed by atoms with Crippen molar-refractivity contribution in [2.24, 2.45) is 0 Å². The summed E-state index contributed by atoms with van der Waals surface area (Å²) in [7, 11) is 0. The molecule has 6 nitrogen and oxygen atoms in total. The van der Waals surface area contributed by atoms with Crippen molar-refractivity contribution in [2.45, 2.75) is 25.8 Å². The van der Waals surface area contributed by atoms with E-state index in [1.165, 1.54) is 25.8 Å². The van der Waals surface area contributed by atoms with Crippen LogP contribution >= 0.6 is 0 Å². The molecule has 0 bridgehead atoms. The van der Waals surface area contributed by atoms with Crippen molar-refractivity contribution in [3.05, 3.63) is 65.5 Å². The fourth-order valence-electron chi connectivity index (χ4n) is 4.52. The third-order valence-electron chi connectivity index (χ3n) is 6.40. The molecule has 2 heterocycles. The second kappa shape index (κ2) is 10.1. The molecule has 0 aliphatic carbocycles. The van der Waals surface area contributed by atoms with Crippen molar-refractivity contribution in [1.29, 1.82) is 0 Å². The van der Waals surface area contributed by atoms with Gasteiger partial charge >= 0.3 is 6.03 Å². The molecule has 2 amide bonds. The first-order valence-corrected chi connectivity index (χ1v) is 11.4. The highest BCUT2D eigenvalue weighted by Crippen LogP contribution is 2.23. The maximum atomic E-state index is 14.5. The fourth-order valence-corrected chi connectivity index (χ4v) is 4.52. The average molecular weight is 439 g/mol. The number of halogens is 1. The van der Waals surface area contributed by atoms with Crippen LogP contribution in [0.25, 0.3) is 0 Å². The minimum atomic E-state index is -0.398. The van der Waals surface area contributed by atoms with Gasteiger partial charge in [0.2, 0.25) is 0 Å². The Morgan fingerprint density at radius 3 is 2.28 bits per heavy atom. The zero-order valence-electron chi connectivity index (χ0n) is 18.6. The molecule has 2 aromatic rings. The van der Waals surface area contributed by atoms with E-state index in [0.717, 1.165) is 25.2 Å². The smallest absolute Gasteiger partial charge is 0.318 e. The van der Waals surface area contributed by atoms with Gasteiger partial charge in [-0.3, -0.25) is 4.79 Å². The molecule has 1 unspecified atom stereocenters. The molecule has 32 heavy (non-hydrogen) atoms. The Labute approximate surface area is 189 Å². The Balaban J connectivity index is 1.37. The number of benzene rings is 2. The number of carbonyl (C=O) groups excluding carboxylic acids is 2. The van der Waals surface area contributed by atoms with Gasteiger partial charge in [0.25, 0.3) is 0 Å². The molecule has 170 valence electrons. The molecule has 1 N–H and O–H groups in total. The van der Waals surface area contributed by atoms with Crippen LogP contribution in [-0.2, 0) is 0 Å². The van der Waals surface area contributed by atoms with Crippen LogP contribution in [-0.4, -0.2) is 67.4 Å². The molecular weight excluding hydrogens is 407 g/mol. The lowest BCUT2D eigenvalue weighted by Gasteiger charge is -2.37. The minimum Gasteiger partial charge on any atom is -0.366 e. The predicted molar refractivity (Wildman–Crippen MR) is 124 cm³/mol. The van der Waals surface area contributed by atoms with Crippen LogP contribution < -0.4 is 10.2 Å². The lowest BCUT2D eigenvalue weighted by atomic mass is 10.1. The highest BCUT2D eigenvalue weighted by atomic mass is 19.1. The highest BCUT2D eigenvalue weighted by molar-refractivity contribution is 5.94. The quantitative estimate of drug-likeness (QED) is 0.699. The summed E-state index contributed by atoms with van der Waals surface area (Å²) in [5.41, 5.74) is 1.96. The first kappa shape index (κ1) is 22.3. The van der Waals surface area contributed by atoms with Gasteiger partial charge in [-0.1, -0.05) is 30.3 Å². The summed E-state index contributed by atoms with van der Waals surface area (Å²) in [5, 5.41) is 3.23. The first-order valence-electron chi connectivity index (χ1n) is 11.4. The second-order valence-corrected chi connectivity index (χ2v) is 8.62. The van der Waals surface area contributed by atoms with Crippen LogP contribution in [0.1, 0.15) is 41.7 Å². The number of hydrogen-bond donors (Lipinski definition) is 1. The normalized spacial score (nSPS) is 17.9. The zero-order chi connectivity index (χ0) is 22.5. The monoisotopic (exact) mass is 438 g/mol. The molecule has 0 saturated carbocycles. The molecule has 0 radical (unpaired) electrons. The van der Waals surface area contributed by atoms with E-state index in [4.69, 9.17) is 0 Å². The number of Topliss-reactive ketones (excluding diaryl/α,β-unsaturated/α-hetero) is 1. The molecule has 0 spiro atoms. The van der Waals surface area contributed by atoms with Gasteiger partial charge in [-0.05, 0) is 56.6 Å². The van der Waals surface area contributed by atoms with E-state index < -0.39 is 5.82 Å². The van der Waals surface area contributed by atoms with Crippen molar-refractivity contribution >= 4 is 17.5 Å². The number of likely N-dealkylation sites (tertiary alicyclic amines) is 1. The molecule has 2 aromatic carbocycles. The van der Waals surface area contributed by atoms with Crippen LogP contribution in [0.5, 0.6) is 0 Å². The SMILES string of the molecule is CC(=O)c1ccc(N2CCN(C(=O)NC(CN3CCCC3)c3ccccc3)CC2)c(F)c1. The Bertz CT molecular complexity index is 938. The van der Waals surface area contributed by atoms with Crippen LogP contribution in [0.4, 0.5) is 14.9 Å². The van der Waals surface area contributed by atoms with Gasteiger partial charge in [-0.25, -0.2) is 9.18 Å². The maximum absolute atomic E-state index is 14.5. The number of carbonyl (C=O) groups is 2. The van der Waals surface area contributed by atoms with Gasteiger partial charge in [0.05, 0.1) is 11.7 Å². The van der Waals surface area contributed by atoms with Crippen molar-refractivity contribution < 1.29 is 14.0 Å². The van der Waals surface area contributed by atoms with Crippen molar-refractivity contribution in [1.82, 2.24) is 15.1 Å². The number of nitrogens with zero attached hydrogens (tertiary/aromatic N) is 3. The van der Waals surface area contributed by atoms with Gasteiger partial charge < -0.3 is 20.0 Å². The van der Waals surface area contributed by atoms with E-state index >= 15 is 0 Å². The van der Waals surface area contributed by atoms with E-state index in [1.807, 2.05) is 23.1 Å². The third-order valence-corrected chi connectivity index (χ3v) is 6.40. The Morgan fingerprint density at radius 1 is 0.969 bits per heavy atom. The zero-order valence-corrected chi connectivity index (χ0v) is 18.6. The molecule has 2 aliphatic heterocycles. The summed E-state index contributed by atoms with van der Waals surface area (Å²) in [6.07, 6.45) is 2.42. The Hall–Kier alpha value is -2.93. The summed E-state index contributed by atoms with van der Waals surface area (Å²) >= 11 is 0. The molecule has 4 rings (SSSR count). The topological polar surface area (TPSA) is 55.9 Å². The Kier molecular flexibility index (Phi) is 7.05. The van der Waals surface area contributed by atoms with Gasteiger partial charge in [0.15, 0.2) is 5.78 Å². The molecule has 2 aliphatic rings. The number of urea groups is 1. The largest absolute Gasteiger partial charge is 0.366 e. The van der Waals surface area contributed by atoms with Crippen LogP contribution in [0.2, 0.25) is 0 Å². The minimum absolute atomic E-state index is 0.0589. The maximum Gasteiger partial charge on any atom is 0.318 e. The number of rotatable bonds is 6. The van der Waals surface area contributed by atoms with Crippen molar-refractivity contribution in [3.63, 3.8) is 0 Å². The van der Waals surface area contributed by atoms with Crippen molar-refractivity contribution in [3.8, 4) is 0 Å². The van der Waals surface area contributed by atoms with Gasteiger partial charge in [0.1, 0.15) is 5.82 Å². The van der Waals surface area contributed by atoms with E-state index in [9.17, 15) is 14.0 Å². The summed E-state index contributed by atoms with van der Waals surface area (Å²) < 4.78 is 14.5. The molecule has 7 heteroatoms. The average Bonchev–Trinajstić information content (AvgIpc) is 3.32. The van der Waals surface area contributed by atoms with E-state index in [1.54, 1.807) is 17.0 Å². The number of anilines is 1. The summed E-state index contributed by atoms with van der Waals surface area (Å²) in [5.74, 6) is -0.552. The lowest BCUT2D eigenvalue weighted by Crippen LogP contribution is -2.53. The standard InChI is InChI=1S/C25H31FN4O2/c1-19(31)21-9-10-24(22(26)17-21)29-13-15-30(16-14-29)25(32)27-23(18-28-11-5-6-12-28)20-7-3-2-4-8-20/h2-4,7-10,17,23H,5-6,11-16,18H2,1H3,(H,27,32). The van der Waals surface area contributed by atoms with E-state index in [2.05, 4.69) is 22.3 Å². The number of nitrogens with one attached hydrogen (secondary N) is 1. The van der Waals surface area contributed by atoms with Gasteiger partial charge in [0, 0.05) is 38.3 Å². The number of hydrogen-bond acceptors (Lipinski definition) is 4. The third kappa shape index (κ3) is 5.27. The lowest BCUT2D eigenvalue weighted by molar-refractivity contribution is 0.101. The van der Waals surface area contributed by atoms with Gasteiger partial charge in [-0.15, -0.1) is 0 Å². The summed E-state index contributed by atoms with van der Waals surface area (Å²) in [6.45, 7) is 6.52. The van der Waals surface area contributed by atoms with E-state index in [0.29, 0.717) is 37.4 Å². The summed E-state index contributed by atoms with van der Waals surface area (Å²) in [6, 6.07) is 14.6. The molecule has 2 saturated heterocycles. The highest BCUT2D eigenvalue weighted by Gasteiger charge is 2.26. The summed E-state index contributed by atoms with van der Waals surface area (Å²) in [4.78, 5) is 30.7. The van der Waals surface area contributed by atoms with E-state index in [-0.39, 0.29) is 17.9 Å². The molecule has 0 aromatic heterocycles. The first-order chi connectivity index (χ1) is 15.5. The predicted octanol–water partition coefficient (Wildman–Crippen LogP) is 3.70. The van der Waals surface area contributed by atoms with Crippen LogP contribution in [0, 0.1) is 5.82 Å². The number of ketones is 1. The molecule has 1 atom stereocenters.